The quantitative estimate of drug-likeness (QED) is 0.706. The molecular weight excluding hydrogens is 319 g/mol. The lowest BCUT2D eigenvalue weighted by Crippen LogP contribution is -2.08. The number of nitrogens with zero attached hydrogens (tertiary/aromatic N) is 1. The van der Waals surface area contributed by atoms with E-state index in [9.17, 15) is 22.0 Å². The summed E-state index contributed by atoms with van der Waals surface area (Å²) in [4.78, 5) is 0. The van der Waals surface area contributed by atoms with Crippen LogP contribution in [-0.4, -0.2) is 5.16 Å². The number of fused-ring (bicyclic) bond motifs is 1. The third-order valence-corrected chi connectivity index (χ3v) is 3.28. The molecule has 23 heavy (non-hydrogen) atoms. The van der Waals surface area contributed by atoms with E-state index in [0.29, 0.717) is 11.5 Å². The van der Waals surface area contributed by atoms with E-state index in [2.05, 4.69) is 10.5 Å². The van der Waals surface area contributed by atoms with E-state index >= 15 is 0 Å². The van der Waals surface area contributed by atoms with Gasteiger partial charge in [0.15, 0.2) is 11.6 Å². The lowest BCUT2D eigenvalue weighted by Gasteiger charge is -2.09. The van der Waals surface area contributed by atoms with Gasteiger partial charge in [-0.15, -0.1) is 0 Å². The van der Waals surface area contributed by atoms with Crippen molar-refractivity contribution >= 4 is 16.8 Å². The molecule has 8 heteroatoms. The van der Waals surface area contributed by atoms with E-state index in [-0.39, 0.29) is 23.5 Å². The van der Waals surface area contributed by atoms with Gasteiger partial charge in [-0.2, -0.15) is 13.2 Å². The molecule has 0 saturated carbocycles. The van der Waals surface area contributed by atoms with Gasteiger partial charge in [0.2, 0.25) is 5.58 Å². The highest BCUT2D eigenvalue weighted by atomic mass is 19.4. The summed E-state index contributed by atoms with van der Waals surface area (Å²) in [5.41, 5.74) is -1.10. The molecule has 0 radical (unpaired) electrons. The Morgan fingerprint density at radius 3 is 2.52 bits per heavy atom. The zero-order valence-corrected chi connectivity index (χ0v) is 11.4. The zero-order chi connectivity index (χ0) is 16.6. The number of nitrogens with one attached hydrogen (secondary N) is 1. The van der Waals surface area contributed by atoms with Crippen LogP contribution in [0.15, 0.2) is 40.9 Å². The van der Waals surface area contributed by atoms with Crippen LogP contribution < -0.4 is 5.32 Å². The largest absolute Gasteiger partial charge is 0.416 e. The van der Waals surface area contributed by atoms with Crippen LogP contribution in [0.5, 0.6) is 0 Å². The number of halogens is 5. The zero-order valence-electron chi connectivity index (χ0n) is 11.4. The number of anilines is 1. The standard InChI is InChI=1S/C15H9F5N2O/c16-11-3-1-2-10-13(11)23-22-14(10)21-7-8-4-5-9(6-12(8)17)15(18,19)20/h1-6H,7H2,(H,21,22). The molecule has 0 atom stereocenters. The number of hydrogen-bond acceptors (Lipinski definition) is 3. The summed E-state index contributed by atoms with van der Waals surface area (Å²) in [6.45, 7) is -0.123. The predicted molar refractivity (Wildman–Crippen MR) is 72.7 cm³/mol. The maximum atomic E-state index is 13.7. The van der Waals surface area contributed by atoms with Gasteiger partial charge >= 0.3 is 6.18 Å². The van der Waals surface area contributed by atoms with E-state index < -0.39 is 23.4 Å². The Morgan fingerprint density at radius 2 is 1.83 bits per heavy atom. The molecule has 1 N–H and O–H groups in total. The van der Waals surface area contributed by atoms with Gasteiger partial charge < -0.3 is 9.84 Å². The molecule has 120 valence electrons. The molecule has 0 saturated heterocycles. The Kier molecular flexibility index (Phi) is 3.67. The summed E-state index contributed by atoms with van der Waals surface area (Å²) < 4.78 is 69.5. The Balaban J connectivity index is 1.81. The average Bonchev–Trinajstić information content (AvgIpc) is 2.89. The molecule has 0 aliphatic heterocycles. The Labute approximate surface area is 126 Å². The van der Waals surface area contributed by atoms with Gasteiger partial charge in [-0.25, -0.2) is 8.78 Å². The van der Waals surface area contributed by atoms with Gasteiger partial charge in [0, 0.05) is 12.1 Å². The summed E-state index contributed by atoms with van der Waals surface area (Å²) in [6, 6.07) is 6.47. The van der Waals surface area contributed by atoms with Crippen LogP contribution in [0.2, 0.25) is 0 Å². The smallest absolute Gasteiger partial charge is 0.363 e. The molecule has 3 nitrogen and oxygen atoms in total. The second-order valence-electron chi connectivity index (χ2n) is 4.81. The SMILES string of the molecule is Fc1cc(C(F)(F)F)ccc1CNc1noc2c(F)cccc12. The molecule has 0 spiro atoms. The molecule has 0 aliphatic rings. The Morgan fingerprint density at radius 1 is 1.04 bits per heavy atom. The summed E-state index contributed by atoms with van der Waals surface area (Å²) >= 11 is 0. The molecule has 0 aliphatic carbocycles. The van der Waals surface area contributed by atoms with Crippen LogP contribution in [0.4, 0.5) is 27.8 Å². The Bertz CT molecular complexity index is 857. The molecule has 0 unspecified atom stereocenters. The maximum Gasteiger partial charge on any atom is 0.416 e. The monoisotopic (exact) mass is 328 g/mol. The highest BCUT2D eigenvalue weighted by Crippen LogP contribution is 2.30. The van der Waals surface area contributed by atoms with Crippen molar-refractivity contribution in [3.8, 4) is 0 Å². The molecule has 3 aromatic rings. The van der Waals surface area contributed by atoms with Crippen molar-refractivity contribution in [3.63, 3.8) is 0 Å². The first-order valence-electron chi connectivity index (χ1n) is 6.49. The molecule has 3 rings (SSSR count). The fourth-order valence-electron chi connectivity index (χ4n) is 2.10. The molecular formula is C15H9F5N2O. The topological polar surface area (TPSA) is 38.1 Å². The second-order valence-corrected chi connectivity index (χ2v) is 4.81. The first-order valence-corrected chi connectivity index (χ1v) is 6.49. The van der Waals surface area contributed by atoms with Crippen molar-refractivity contribution in [2.75, 3.05) is 5.32 Å². The van der Waals surface area contributed by atoms with Gasteiger partial charge in [-0.1, -0.05) is 17.3 Å². The summed E-state index contributed by atoms with van der Waals surface area (Å²) in [5.74, 6) is -1.41. The molecule has 0 fully saturated rings. The van der Waals surface area contributed by atoms with Gasteiger partial charge in [0.05, 0.1) is 10.9 Å². The molecule has 1 heterocycles. The first kappa shape index (κ1) is 15.3. The van der Waals surface area contributed by atoms with E-state index in [4.69, 9.17) is 4.52 Å². The highest BCUT2D eigenvalue weighted by Gasteiger charge is 2.31. The summed E-state index contributed by atoms with van der Waals surface area (Å²) in [6.07, 6.45) is -4.60. The first-order chi connectivity index (χ1) is 10.9. The summed E-state index contributed by atoms with van der Waals surface area (Å²) in [5, 5.41) is 6.71. The van der Waals surface area contributed by atoms with Crippen molar-refractivity contribution in [3.05, 3.63) is 59.2 Å². The average molecular weight is 328 g/mol. The van der Waals surface area contributed by atoms with Crippen LogP contribution in [0.25, 0.3) is 11.0 Å². The third kappa shape index (κ3) is 2.96. The number of aromatic nitrogens is 1. The van der Waals surface area contributed by atoms with Crippen molar-refractivity contribution in [2.45, 2.75) is 12.7 Å². The van der Waals surface area contributed by atoms with Gasteiger partial charge in [-0.05, 0) is 24.3 Å². The number of benzene rings is 2. The van der Waals surface area contributed by atoms with Crippen LogP contribution in [0.3, 0.4) is 0 Å². The minimum Gasteiger partial charge on any atom is -0.363 e. The third-order valence-electron chi connectivity index (χ3n) is 3.28. The normalized spacial score (nSPS) is 11.9. The van der Waals surface area contributed by atoms with Crippen LogP contribution in [0, 0.1) is 11.6 Å². The lowest BCUT2D eigenvalue weighted by molar-refractivity contribution is -0.137. The van der Waals surface area contributed by atoms with Crippen molar-refractivity contribution < 1.29 is 26.5 Å². The van der Waals surface area contributed by atoms with Crippen molar-refractivity contribution in [1.82, 2.24) is 5.16 Å². The molecule has 2 aromatic carbocycles. The second kappa shape index (κ2) is 5.53. The number of para-hydroxylation sites is 1. The fraction of sp³-hybridized carbons (Fsp3) is 0.133. The van der Waals surface area contributed by atoms with Crippen molar-refractivity contribution in [1.29, 1.82) is 0 Å². The van der Waals surface area contributed by atoms with E-state index in [1.165, 1.54) is 12.1 Å². The minimum absolute atomic E-state index is 0.0190. The number of hydrogen-bond donors (Lipinski definition) is 1. The minimum atomic E-state index is -4.60. The van der Waals surface area contributed by atoms with E-state index in [1.54, 1.807) is 6.07 Å². The highest BCUT2D eigenvalue weighted by molar-refractivity contribution is 5.88. The Hall–Kier alpha value is -2.64. The van der Waals surface area contributed by atoms with E-state index in [0.717, 1.165) is 12.1 Å². The van der Waals surface area contributed by atoms with Crippen LogP contribution >= 0.6 is 0 Å². The lowest BCUT2D eigenvalue weighted by atomic mass is 10.1. The number of alkyl halides is 3. The molecule has 1 aromatic heterocycles. The van der Waals surface area contributed by atoms with Gasteiger partial charge in [0.25, 0.3) is 0 Å². The predicted octanol–water partition coefficient (Wildman–Crippen LogP) is 4.74. The number of rotatable bonds is 3. The van der Waals surface area contributed by atoms with Crippen LogP contribution in [-0.2, 0) is 12.7 Å². The van der Waals surface area contributed by atoms with Gasteiger partial charge in [0.1, 0.15) is 5.82 Å². The fourth-order valence-corrected chi connectivity index (χ4v) is 2.10. The van der Waals surface area contributed by atoms with Crippen LogP contribution in [0.1, 0.15) is 11.1 Å². The summed E-state index contributed by atoms with van der Waals surface area (Å²) in [7, 11) is 0. The van der Waals surface area contributed by atoms with E-state index in [1.807, 2.05) is 0 Å². The molecule has 0 amide bonds. The molecule has 0 bridgehead atoms. The van der Waals surface area contributed by atoms with Crippen molar-refractivity contribution in [2.24, 2.45) is 0 Å². The van der Waals surface area contributed by atoms with Gasteiger partial charge in [-0.3, -0.25) is 0 Å². The maximum absolute atomic E-state index is 13.7.